The lowest BCUT2D eigenvalue weighted by Crippen LogP contribution is -2.33. The molecule has 0 atom stereocenters. The minimum absolute atomic E-state index is 0.0404. The zero-order valence-electron chi connectivity index (χ0n) is 17.2. The van der Waals surface area contributed by atoms with Crippen LogP contribution < -0.4 is 10.1 Å². The molecule has 156 valence electrons. The molecule has 7 heteroatoms. The first-order chi connectivity index (χ1) is 13.9. The first-order valence-corrected chi connectivity index (χ1v) is 10.1. The van der Waals surface area contributed by atoms with Gasteiger partial charge in [-0.15, -0.1) is 0 Å². The van der Waals surface area contributed by atoms with Crippen molar-refractivity contribution in [3.63, 3.8) is 0 Å². The van der Waals surface area contributed by atoms with Gasteiger partial charge in [-0.05, 0) is 57.3 Å². The van der Waals surface area contributed by atoms with Crippen molar-refractivity contribution >= 4 is 29.1 Å². The van der Waals surface area contributed by atoms with E-state index in [1.165, 1.54) is 0 Å². The van der Waals surface area contributed by atoms with Crippen molar-refractivity contribution in [2.45, 2.75) is 13.8 Å². The number of halogens is 1. The number of carbonyl (C=O) groups is 2. The summed E-state index contributed by atoms with van der Waals surface area (Å²) in [6, 6.07) is 14.2. The number of amides is 2. The third-order valence-corrected chi connectivity index (χ3v) is 4.63. The molecule has 2 rings (SSSR count). The number of nitrogens with zero attached hydrogens (tertiary/aromatic N) is 2. The average Bonchev–Trinajstić information content (AvgIpc) is 2.69. The van der Waals surface area contributed by atoms with Crippen LogP contribution in [0.15, 0.2) is 48.5 Å². The number of benzene rings is 2. The maximum atomic E-state index is 12.5. The van der Waals surface area contributed by atoms with Gasteiger partial charge >= 0.3 is 0 Å². The summed E-state index contributed by atoms with van der Waals surface area (Å²) in [5.74, 6) is 0.508. The van der Waals surface area contributed by atoms with Gasteiger partial charge in [0.1, 0.15) is 12.4 Å². The van der Waals surface area contributed by atoms with Crippen molar-refractivity contribution in [1.29, 1.82) is 0 Å². The van der Waals surface area contributed by atoms with Crippen LogP contribution >= 0.6 is 11.6 Å². The molecule has 0 aliphatic heterocycles. The van der Waals surface area contributed by atoms with Crippen molar-refractivity contribution in [2.75, 3.05) is 45.2 Å². The number of nitrogens with one attached hydrogen (secondary N) is 1. The fraction of sp³-hybridized carbons (Fsp3) is 0.364. The smallest absolute Gasteiger partial charge is 0.253 e. The Morgan fingerprint density at radius 2 is 1.79 bits per heavy atom. The lowest BCUT2D eigenvalue weighted by molar-refractivity contribution is -0.117. The fourth-order valence-corrected chi connectivity index (χ4v) is 3.00. The molecule has 0 saturated carbocycles. The van der Waals surface area contributed by atoms with Gasteiger partial charge in [0.15, 0.2) is 0 Å². The molecule has 0 heterocycles. The molecule has 0 unspecified atom stereocenters. The highest BCUT2D eigenvalue weighted by atomic mass is 35.5. The summed E-state index contributed by atoms with van der Waals surface area (Å²) in [6.07, 6.45) is 0. The Kier molecular flexibility index (Phi) is 8.96. The van der Waals surface area contributed by atoms with E-state index in [0.29, 0.717) is 48.3 Å². The van der Waals surface area contributed by atoms with Gasteiger partial charge < -0.3 is 15.0 Å². The van der Waals surface area contributed by atoms with Crippen molar-refractivity contribution in [3.8, 4) is 5.75 Å². The van der Waals surface area contributed by atoms with E-state index < -0.39 is 0 Å². The van der Waals surface area contributed by atoms with Crippen molar-refractivity contribution in [3.05, 3.63) is 59.1 Å². The molecule has 0 aliphatic rings. The van der Waals surface area contributed by atoms with E-state index in [1.54, 1.807) is 41.3 Å². The number of rotatable bonds is 10. The van der Waals surface area contributed by atoms with Gasteiger partial charge in [0.05, 0.1) is 6.54 Å². The number of ether oxygens (including phenoxy) is 1. The lowest BCUT2D eigenvalue weighted by Gasteiger charge is -2.19. The zero-order valence-corrected chi connectivity index (χ0v) is 17.9. The van der Waals surface area contributed by atoms with E-state index in [-0.39, 0.29) is 18.4 Å². The summed E-state index contributed by atoms with van der Waals surface area (Å²) in [5, 5.41) is 3.47. The molecule has 0 fully saturated rings. The molecule has 6 nitrogen and oxygen atoms in total. The quantitative estimate of drug-likeness (QED) is 0.639. The van der Waals surface area contributed by atoms with E-state index in [1.807, 2.05) is 37.9 Å². The summed E-state index contributed by atoms with van der Waals surface area (Å²) in [4.78, 5) is 28.4. The minimum Gasteiger partial charge on any atom is -0.492 e. The molecule has 2 aromatic carbocycles. The molecule has 1 N–H and O–H groups in total. The predicted octanol–water partition coefficient (Wildman–Crippen LogP) is 3.77. The second kappa shape index (κ2) is 11.4. The van der Waals surface area contributed by atoms with Crippen LogP contribution in [0.4, 0.5) is 5.69 Å². The third kappa shape index (κ3) is 7.40. The molecule has 2 aromatic rings. The Labute approximate surface area is 177 Å². The van der Waals surface area contributed by atoms with Crippen LogP contribution in [0.5, 0.6) is 5.75 Å². The van der Waals surface area contributed by atoms with E-state index in [9.17, 15) is 9.59 Å². The van der Waals surface area contributed by atoms with Crippen LogP contribution in [0.2, 0.25) is 5.02 Å². The van der Waals surface area contributed by atoms with Gasteiger partial charge in [0.25, 0.3) is 5.91 Å². The van der Waals surface area contributed by atoms with Gasteiger partial charge in [-0.1, -0.05) is 23.7 Å². The SMILES string of the molecule is CCN(CC)C(=O)c1cccc(NC(=O)CN(C)CCOc2cccc(Cl)c2)c1. The molecule has 29 heavy (non-hydrogen) atoms. The van der Waals surface area contributed by atoms with Gasteiger partial charge in [0.2, 0.25) is 5.91 Å². The van der Waals surface area contributed by atoms with Crippen molar-refractivity contribution < 1.29 is 14.3 Å². The number of hydrogen-bond acceptors (Lipinski definition) is 4. The van der Waals surface area contributed by atoms with Gasteiger partial charge in [-0.2, -0.15) is 0 Å². The first kappa shape index (κ1) is 22.7. The Hall–Kier alpha value is -2.57. The molecule has 0 bridgehead atoms. The summed E-state index contributed by atoms with van der Waals surface area (Å²) < 4.78 is 5.64. The van der Waals surface area contributed by atoms with Crippen LogP contribution in [0, 0.1) is 0 Å². The van der Waals surface area contributed by atoms with Gasteiger partial charge in [-0.25, -0.2) is 0 Å². The predicted molar refractivity (Wildman–Crippen MR) is 117 cm³/mol. The van der Waals surface area contributed by atoms with Crippen LogP contribution in [0.25, 0.3) is 0 Å². The molecule has 0 saturated heterocycles. The topological polar surface area (TPSA) is 61.9 Å². The van der Waals surface area contributed by atoms with Crippen molar-refractivity contribution in [2.24, 2.45) is 0 Å². The highest BCUT2D eigenvalue weighted by Crippen LogP contribution is 2.17. The molecular formula is C22H28ClN3O3. The second-order valence-electron chi connectivity index (χ2n) is 6.65. The Morgan fingerprint density at radius 3 is 2.48 bits per heavy atom. The average molecular weight is 418 g/mol. The second-order valence-corrected chi connectivity index (χ2v) is 7.09. The highest BCUT2D eigenvalue weighted by Gasteiger charge is 2.13. The summed E-state index contributed by atoms with van der Waals surface area (Å²) in [5.41, 5.74) is 1.17. The van der Waals surface area contributed by atoms with Crippen LogP contribution in [0.3, 0.4) is 0 Å². The summed E-state index contributed by atoms with van der Waals surface area (Å²) in [7, 11) is 1.85. The number of carbonyl (C=O) groups excluding carboxylic acids is 2. The van der Waals surface area contributed by atoms with Gasteiger partial charge in [0, 0.05) is 35.9 Å². The molecule has 0 aliphatic carbocycles. The largest absolute Gasteiger partial charge is 0.492 e. The minimum atomic E-state index is -0.150. The maximum Gasteiger partial charge on any atom is 0.253 e. The molecular weight excluding hydrogens is 390 g/mol. The van der Waals surface area contributed by atoms with Crippen LogP contribution in [-0.4, -0.2) is 61.4 Å². The van der Waals surface area contributed by atoms with E-state index in [2.05, 4.69) is 5.32 Å². The van der Waals surface area contributed by atoms with E-state index in [0.717, 1.165) is 0 Å². The monoisotopic (exact) mass is 417 g/mol. The highest BCUT2D eigenvalue weighted by molar-refractivity contribution is 6.30. The summed E-state index contributed by atoms with van der Waals surface area (Å²) >= 11 is 5.93. The van der Waals surface area contributed by atoms with E-state index in [4.69, 9.17) is 16.3 Å². The van der Waals surface area contributed by atoms with Crippen LogP contribution in [-0.2, 0) is 4.79 Å². The molecule has 0 radical (unpaired) electrons. The Balaban J connectivity index is 1.82. The molecule has 2 amide bonds. The number of likely N-dealkylation sites (N-methyl/N-ethyl adjacent to an activating group) is 1. The molecule has 0 spiro atoms. The van der Waals surface area contributed by atoms with Crippen LogP contribution in [0.1, 0.15) is 24.2 Å². The Morgan fingerprint density at radius 1 is 1.07 bits per heavy atom. The van der Waals surface area contributed by atoms with Crippen molar-refractivity contribution in [1.82, 2.24) is 9.80 Å². The Bertz CT molecular complexity index is 824. The molecule has 0 aromatic heterocycles. The number of hydrogen-bond donors (Lipinski definition) is 1. The lowest BCUT2D eigenvalue weighted by atomic mass is 10.1. The van der Waals surface area contributed by atoms with Gasteiger partial charge in [-0.3, -0.25) is 14.5 Å². The zero-order chi connectivity index (χ0) is 21.2. The van der Waals surface area contributed by atoms with E-state index >= 15 is 0 Å². The first-order valence-electron chi connectivity index (χ1n) is 9.69. The number of anilines is 1. The normalized spacial score (nSPS) is 10.7. The fourth-order valence-electron chi connectivity index (χ4n) is 2.82. The third-order valence-electron chi connectivity index (χ3n) is 4.40. The standard InChI is InChI=1S/C22H28ClN3O3/c1-4-26(5-2)22(28)17-8-6-10-19(14-17)24-21(27)16-25(3)12-13-29-20-11-7-9-18(23)15-20/h6-11,14-15H,4-5,12-13,16H2,1-3H3,(H,24,27). The summed E-state index contributed by atoms with van der Waals surface area (Å²) in [6.45, 7) is 6.42. The maximum absolute atomic E-state index is 12.5.